The van der Waals surface area contributed by atoms with Gasteiger partial charge >= 0.3 is 6.18 Å². The molecule has 0 fully saturated rings. The molecule has 0 aromatic carbocycles. The Labute approximate surface area is 45.5 Å². The third kappa shape index (κ3) is 17.2. The highest BCUT2D eigenvalue weighted by Crippen LogP contribution is 2.17. The monoisotopic (exact) mass is 132 g/mol. The van der Waals surface area contributed by atoms with Crippen LogP contribution in [0.4, 0.5) is 17.6 Å². The zero-order chi connectivity index (χ0) is 7.21. The lowest BCUT2D eigenvalue weighted by Crippen LogP contribution is -2.02. The van der Waals surface area contributed by atoms with Crippen molar-refractivity contribution in [2.45, 2.75) is 19.5 Å². The Hall–Kier alpha value is -0.280. The second-order valence-corrected chi connectivity index (χ2v) is 0.969. The predicted molar refractivity (Wildman–Crippen MR) is 23.4 cm³/mol. The van der Waals surface area contributed by atoms with Crippen LogP contribution in [0.3, 0.4) is 0 Å². The first-order chi connectivity index (χ1) is 3.56. The summed E-state index contributed by atoms with van der Waals surface area (Å²) in [6.07, 6.45) is -4.69. The van der Waals surface area contributed by atoms with Gasteiger partial charge in [-0.05, 0) is 0 Å². The molecule has 52 valence electrons. The summed E-state index contributed by atoms with van der Waals surface area (Å²) in [7, 11) is 0.500. The first-order valence-electron chi connectivity index (χ1n) is 2.01. The summed E-state index contributed by atoms with van der Waals surface area (Å²) in [4.78, 5) is 0. The molecule has 0 saturated carbocycles. The van der Waals surface area contributed by atoms with Crippen LogP contribution in [-0.2, 0) is 0 Å². The highest BCUT2D eigenvalue weighted by Gasteiger charge is 2.22. The van der Waals surface area contributed by atoms with Gasteiger partial charge in [0, 0.05) is 6.42 Å². The summed E-state index contributed by atoms with van der Waals surface area (Å²) in [5.41, 5.74) is 0. The molecule has 0 heterocycles. The maximum Gasteiger partial charge on any atom is 0.388 e. The van der Waals surface area contributed by atoms with Crippen LogP contribution in [0.25, 0.3) is 0 Å². The molecule has 0 aliphatic rings. The van der Waals surface area contributed by atoms with Gasteiger partial charge in [0.1, 0.15) is 0 Å². The third-order valence-corrected chi connectivity index (χ3v) is 0.401. The van der Waals surface area contributed by atoms with E-state index in [1.54, 1.807) is 0 Å². The van der Waals surface area contributed by atoms with Gasteiger partial charge in [-0.25, -0.2) is 0 Å². The fourth-order valence-corrected chi connectivity index (χ4v) is 0. The maximum atomic E-state index is 10.8. The first-order valence-corrected chi connectivity index (χ1v) is 2.01. The highest BCUT2D eigenvalue weighted by atomic mass is 19.4. The minimum atomic E-state index is -3.96. The van der Waals surface area contributed by atoms with E-state index in [0.29, 0.717) is 7.18 Å². The maximum absolute atomic E-state index is 10.8. The van der Waals surface area contributed by atoms with Crippen molar-refractivity contribution in [1.82, 2.24) is 0 Å². The van der Waals surface area contributed by atoms with Crippen LogP contribution in [0, 0.1) is 0 Å². The lowest BCUT2D eigenvalue weighted by molar-refractivity contribution is -0.130. The number of halogens is 4. The summed E-state index contributed by atoms with van der Waals surface area (Å²) >= 11 is 0. The third-order valence-electron chi connectivity index (χ3n) is 0.401. The summed E-state index contributed by atoms with van der Waals surface area (Å²) in [5, 5.41) is 0. The minimum Gasteiger partial charge on any atom is -0.255 e. The van der Waals surface area contributed by atoms with E-state index >= 15 is 0 Å². The summed E-state index contributed by atoms with van der Waals surface area (Å²) in [6, 6.07) is 0. The molecular formula is C4H8F4. The molecule has 0 spiro atoms. The van der Waals surface area contributed by atoms with Crippen LogP contribution in [-0.4, -0.2) is 13.4 Å². The van der Waals surface area contributed by atoms with Crippen molar-refractivity contribution in [3.05, 3.63) is 0 Å². The van der Waals surface area contributed by atoms with Gasteiger partial charge in [0.25, 0.3) is 0 Å². The molecule has 4 heteroatoms. The Balaban J connectivity index is 0. The number of hydrogen-bond acceptors (Lipinski definition) is 0. The topological polar surface area (TPSA) is 0 Å². The average molecular weight is 132 g/mol. The zero-order valence-corrected chi connectivity index (χ0v) is 4.72. The normalized spacial score (nSPS) is 9.75. The van der Waals surface area contributed by atoms with Gasteiger partial charge in [0.05, 0.1) is 7.18 Å². The fourth-order valence-electron chi connectivity index (χ4n) is 0. The average Bonchev–Trinajstić information content (AvgIpc) is 1.71. The standard InChI is InChI=1S/C3H5F3.CH3F/c1-2-3(4,5)6;1-2/h2H2,1H3;1H3. The van der Waals surface area contributed by atoms with E-state index < -0.39 is 12.6 Å². The SMILES string of the molecule is CCC(F)(F)F.CF. The van der Waals surface area contributed by atoms with Crippen molar-refractivity contribution >= 4 is 0 Å². The van der Waals surface area contributed by atoms with Gasteiger partial charge in [-0.2, -0.15) is 13.2 Å². The van der Waals surface area contributed by atoms with Crippen LogP contribution in [0.15, 0.2) is 0 Å². The summed E-state index contributed by atoms with van der Waals surface area (Å²) in [6.45, 7) is 1.08. The van der Waals surface area contributed by atoms with Crippen molar-refractivity contribution < 1.29 is 17.6 Å². The number of alkyl halides is 4. The molecule has 0 amide bonds. The number of hydrogen-bond donors (Lipinski definition) is 0. The van der Waals surface area contributed by atoms with E-state index in [4.69, 9.17) is 0 Å². The van der Waals surface area contributed by atoms with E-state index in [-0.39, 0.29) is 0 Å². The fraction of sp³-hybridized carbons (Fsp3) is 1.00. The lowest BCUT2D eigenvalue weighted by atomic mass is 10.5. The second kappa shape index (κ2) is 4.87. The molecule has 0 bridgehead atoms. The lowest BCUT2D eigenvalue weighted by Gasteiger charge is -1.96. The van der Waals surface area contributed by atoms with E-state index in [1.807, 2.05) is 0 Å². The smallest absolute Gasteiger partial charge is 0.255 e. The van der Waals surface area contributed by atoms with Crippen molar-refractivity contribution in [2.75, 3.05) is 7.18 Å². The van der Waals surface area contributed by atoms with E-state index in [0.717, 1.165) is 6.92 Å². The van der Waals surface area contributed by atoms with Crippen molar-refractivity contribution in [3.63, 3.8) is 0 Å². The van der Waals surface area contributed by atoms with Gasteiger partial charge in [-0.3, -0.25) is 4.39 Å². The van der Waals surface area contributed by atoms with Crippen molar-refractivity contribution in [3.8, 4) is 0 Å². The molecule has 8 heavy (non-hydrogen) atoms. The minimum absolute atomic E-state index is 0.500. The van der Waals surface area contributed by atoms with Crippen LogP contribution >= 0.6 is 0 Å². The Morgan fingerprint density at radius 3 is 1.25 bits per heavy atom. The van der Waals surface area contributed by atoms with Gasteiger partial charge in [-0.15, -0.1) is 0 Å². The zero-order valence-electron chi connectivity index (χ0n) is 4.72. The largest absolute Gasteiger partial charge is 0.388 e. The van der Waals surface area contributed by atoms with E-state index in [9.17, 15) is 17.6 Å². The Kier molecular flexibility index (Phi) is 6.48. The van der Waals surface area contributed by atoms with Gasteiger partial charge < -0.3 is 0 Å². The molecule has 0 unspecified atom stereocenters. The molecule has 0 aromatic heterocycles. The molecule has 0 atom stereocenters. The molecule has 0 N–H and O–H groups in total. The number of rotatable bonds is 0. The van der Waals surface area contributed by atoms with Crippen LogP contribution in [0.1, 0.15) is 13.3 Å². The molecule has 0 aromatic rings. The van der Waals surface area contributed by atoms with E-state index in [1.165, 1.54) is 0 Å². The van der Waals surface area contributed by atoms with Gasteiger partial charge in [0.2, 0.25) is 0 Å². The molecule has 0 saturated heterocycles. The Morgan fingerprint density at radius 2 is 1.25 bits per heavy atom. The highest BCUT2D eigenvalue weighted by molar-refractivity contribution is 4.39. The molecule has 0 aliphatic heterocycles. The molecule has 0 rings (SSSR count). The molecule has 0 aliphatic carbocycles. The molecule has 0 radical (unpaired) electrons. The van der Waals surface area contributed by atoms with Crippen molar-refractivity contribution in [2.24, 2.45) is 0 Å². The summed E-state index contributed by atoms with van der Waals surface area (Å²) < 4.78 is 41.9. The molecule has 0 nitrogen and oxygen atoms in total. The molecular weight excluding hydrogens is 124 g/mol. The summed E-state index contributed by atoms with van der Waals surface area (Å²) in [5.74, 6) is 0. The predicted octanol–water partition coefficient (Wildman–Crippen LogP) is 2.54. The van der Waals surface area contributed by atoms with E-state index in [2.05, 4.69) is 0 Å². The Bertz CT molecular complexity index is 37.8. The first kappa shape index (κ1) is 10.7. The quantitative estimate of drug-likeness (QED) is 0.444. The van der Waals surface area contributed by atoms with Crippen molar-refractivity contribution in [1.29, 1.82) is 0 Å². The van der Waals surface area contributed by atoms with Crippen LogP contribution in [0.5, 0.6) is 0 Å². The van der Waals surface area contributed by atoms with Crippen LogP contribution in [0.2, 0.25) is 0 Å². The van der Waals surface area contributed by atoms with Gasteiger partial charge in [-0.1, -0.05) is 6.92 Å². The van der Waals surface area contributed by atoms with Gasteiger partial charge in [0.15, 0.2) is 0 Å². The second-order valence-electron chi connectivity index (χ2n) is 0.969. The Morgan fingerprint density at radius 1 is 1.12 bits per heavy atom. The van der Waals surface area contributed by atoms with Crippen LogP contribution < -0.4 is 0 Å².